The SMILES string of the molecule is Cc1ccc(-n2nnnc2SCC(O)COc2ccc3ccccc3c2)c(C)c1. The first-order chi connectivity index (χ1) is 14.1. The maximum atomic E-state index is 10.4. The van der Waals surface area contributed by atoms with E-state index in [1.54, 1.807) is 4.68 Å². The summed E-state index contributed by atoms with van der Waals surface area (Å²) < 4.78 is 7.48. The topological polar surface area (TPSA) is 73.1 Å². The fourth-order valence-electron chi connectivity index (χ4n) is 3.13. The molecule has 148 valence electrons. The number of hydrogen-bond donors (Lipinski definition) is 1. The molecule has 0 amide bonds. The first-order valence-electron chi connectivity index (χ1n) is 9.38. The Bertz CT molecular complexity index is 1130. The number of aliphatic hydroxyl groups excluding tert-OH is 1. The lowest BCUT2D eigenvalue weighted by atomic mass is 10.1. The summed E-state index contributed by atoms with van der Waals surface area (Å²) in [5, 5.41) is 25.3. The van der Waals surface area contributed by atoms with E-state index in [4.69, 9.17) is 4.74 Å². The molecule has 29 heavy (non-hydrogen) atoms. The molecule has 1 aromatic heterocycles. The molecule has 0 spiro atoms. The van der Waals surface area contributed by atoms with Gasteiger partial charge in [-0.05, 0) is 58.8 Å². The smallest absolute Gasteiger partial charge is 0.214 e. The Balaban J connectivity index is 1.36. The number of aromatic nitrogens is 4. The quantitative estimate of drug-likeness (QED) is 0.468. The van der Waals surface area contributed by atoms with Crippen molar-refractivity contribution in [3.8, 4) is 11.4 Å². The van der Waals surface area contributed by atoms with Crippen LogP contribution in [0, 0.1) is 13.8 Å². The van der Waals surface area contributed by atoms with E-state index in [9.17, 15) is 5.11 Å². The molecule has 3 aromatic carbocycles. The van der Waals surface area contributed by atoms with Gasteiger partial charge in [0.2, 0.25) is 5.16 Å². The van der Waals surface area contributed by atoms with Crippen molar-refractivity contribution in [3.63, 3.8) is 0 Å². The summed E-state index contributed by atoms with van der Waals surface area (Å²) in [6, 6.07) is 20.2. The van der Waals surface area contributed by atoms with Crippen LogP contribution in [0.1, 0.15) is 11.1 Å². The van der Waals surface area contributed by atoms with Crippen LogP contribution in [-0.4, -0.2) is 43.8 Å². The molecule has 0 radical (unpaired) electrons. The Labute approximate surface area is 173 Å². The highest BCUT2D eigenvalue weighted by molar-refractivity contribution is 7.99. The number of tetrazole rings is 1. The fourth-order valence-corrected chi connectivity index (χ4v) is 3.92. The Morgan fingerprint density at radius 3 is 2.69 bits per heavy atom. The minimum absolute atomic E-state index is 0.205. The number of rotatable bonds is 7. The van der Waals surface area contributed by atoms with Gasteiger partial charge in [-0.2, -0.15) is 4.68 Å². The van der Waals surface area contributed by atoms with Crippen LogP contribution in [-0.2, 0) is 0 Å². The largest absolute Gasteiger partial charge is 0.491 e. The van der Waals surface area contributed by atoms with Gasteiger partial charge in [0.15, 0.2) is 0 Å². The molecule has 0 aliphatic carbocycles. The molecule has 1 heterocycles. The second kappa shape index (κ2) is 8.63. The predicted octanol–water partition coefficient (Wildman–Crippen LogP) is 3.96. The Morgan fingerprint density at radius 1 is 1.03 bits per heavy atom. The first-order valence-corrected chi connectivity index (χ1v) is 10.4. The number of nitrogens with zero attached hydrogens (tertiary/aromatic N) is 4. The number of fused-ring (bicyclic) bond motifs is 1. The highest BCUT2D eigenvalue weighted by Gasteiger charge is 2.14. The molecule has 0 bridgehead atoms. The summed E-state index contributed by atoms with van der Waals surface area (Å²) >= 11 is 1.40. The number of aryl methyl sites for hydroxylation is 2. The monoisotopic (exact) mass is 406 g/mol. The van der Waals surface area contributed by atoms with Gasteiger partial charge >= 0.3 is 0 Å². The predicted molar refractivity (Wildman–Crippen MR) is 115 cm³/mol. The number of aliphatic hydroxyl groups is 1. The average molecular weight is 407 g/mol. The van der Waals surface area contributed by atoms with E-state index < -0.39 is 6.10 Å². The lowest BCUT2D eigenvalue weighted by molar-refractivity contribution is 0.126. The van der Waals surface area contributed by atoms with Crippen molar-refractivity contribution >= 4 is 22.5 Å². The Morgan fingerprint density at radius 2 is 1.86 bits per heavy atom. The third-order valence-electron chi connectivity index (χ3n) is 4.59. The molecule has 4 rings (SSSR count). The van der Waals surface area contributed by atoms with Crippen LogP contribution in [0.5, 0.6) is 5.75 Å². The standard InChI is InChI=1S/C22H22N4O2S/c1-15-7-10-21(16(2)11-15)26-22(23-24-25-26)29-14-19(27)13-28-20-9-8-17-5-3-4-6-18(17)12-20/h3-12,19,27H,13-14H2,1-2H3. The van der Waals surface area contributed by atoms with E-state index in [-0.39, 0.29) is 6.61 Å². The number of hydrogen-bond acceptors (Lipinski definition) is 6. The zero-order valence-corrected chi connectivity index (χ0v) is 17.1. The molecule has 0 aliphatic heterocycles. The molecule has 6 nitrogen and oxygen atoms in total. The summed E-state index contributed by atoms with van der Waals surface area (Å²) in [5.41, 5.74) is 3.22. The summed E-state index contributed by atoms with van der Waals surface area (Å²) in [6.45, 7) is 4.29. The molecule has 0 saturated heterocycles. The molecule has 1 N–H and O–H groups in total. The van der Waals surface area contributed by atoms with Gasteiger partial charge in [-0.1, -0.05) is 59.8 Å². The van der Waals surface area contributed by atoms with E-state index in [1.165, 1.54) is 17.3 Å². The molecular weight excluding hydrogens is 384 g/mol. The Kier molecular flexibility index (Phi) is 5.78. The fraction of sp³-hybridized carbons (Fsp3) is 0.227. The highest BCUT2D eigenvalue weighted by atomic mass is 32.2. The molecule has 7 heteroatoms. The minimum Gasteiger partial charge on any atom is -0.491 e. The number of ether oxygens (including phenoxy) is 1. The highest BCUT2D eigenvalue weighted by Crippen LogP contribution is 2.23. The van der Waals surface area contributed by atoms with Gasteiger partial charge in [-0.25, -0.2) is 0 Å². The average Bonchev–Trinajstić information content (AvgIpc) is 3.19. The molecular formula is C22H22N4O2S. The number of benzene rings is 3. The van der Waals surface area contributed by atoms with Crippen molar-refractivity contribution in [2.24, 2.45) is 0 Å². The minimum atomic E-state index is -0.643. The van der Waals surface area contributed by atoms with E-state index in [1.807, 2.05) is 55.5 Å². The van der Waals surface area contributed by atoms with E-state index in [0.29, 0.717) is 10.9 Å². The summed E-state index contributed by atoms with van der Waals surface area (Å²) in [7, 11) is 0. The Hall–Kier alpha value is -2.90. The van der Waals surface area contributed by atoms with Crippen LogP contribution in [0.15, 0.2) is 65.8 Å². The maximum absolute atomic E-state index is 10.4. The van der Waals surface area contributed by atoms with Crippen LogP contribution in [0.3, 0.4) is 0 Å². The summed E-state index contributed by atoms with van der Waals surface area (Å²) in [4.78, 5) is 0. The van der Waals surface area contributed by atoms with Gasteiger partial charge in [0.1, 0.15) is 12.4 Å². The molecule has 0 fully saturated rings. The third kappa shape index (κ3) is 4.58. The van der Waals surface area contributed by atoms with E-state index in [2.05, 4.69) is 34.6 Å². The van der Waals surface area contributed by atoms with Crippen molar-refractivity contribution in [1.82, 2.24) is 20.2 Å². The second-order valence-electron chi connectivity index (χ2n) is 6.95. The van der Waals surface area contributed by atoms with Crippen LogP contribution >= 0.6 is 11.8 Å². The van der Waals surface area contributed by atoms with Crippen molar-refractivity contribution in [2.75, 3.05) is 12.4 Å². The van der Waals surface area contributed by atoms with Crippen molar-refractivity contribution in [1.29, 1.82) is 0 Å². The van der Waals surface area contributed by atoms with Gasteiger partial charge in [-0.15, -0.1) is 5.10 Å². The maximum Gasteiger partial charge on any atom is 0.214 e. The zero-order valence-electron chi connectivity index (χ0n) is 16.3. The van der Waals surface area contributed by atoms with Crippen molar-refractivity contribution in [2.45, 2.75) is 25.1 Å². The van der Waals surface area contributed by atoms with Crippen LogP contribution in [0.4, 0.5) is 0 Å². The van der Waals surface area contributed by atoms with Gasteiger partial charge < -0.3 is 9.84 Å². The molecule has 0 saturated carbocycles. The summed E-state index contributed by atoms with van der Waals surface area (Å²) in [6.07, 6.45) is -0.643. The normalized spacial score (nSPS) is 12.2. The van der Waals surface area contributed by atoms with Gasteiger partial charge in [0, 0.05) is 5.75 Å². The lowest BCUT2D eigenvalue weighted by Crippen LogP contribution is -2.20. The molecule has 1 atom stereocenters. The van der Waals surface area contributed by atoms with Crippen LogP contribution in [0.2, 0.25) is 0 Å². The third-order valence-corrected chi connectivity index (χ3v) is 5.65. The molecule has 4 aromatic rings. The van der Waals surface area contributed by atoms with Gasteiger partial charge in [-0.3, -0.25) is 0 Å². The lowest BCUT2D eigenvalue weighted by Gasteiger charge is -2.13. The van der Waals surface area contributed by atoms with Gasteiger partial charge in [0.25, 0.3) is 0 Å². The first kappa shape index (κ1) is 19.4. The summed E-state index contributed by atoms with van der Waals surface area (Å²) in [5.74, 6) is 1.17. The molecule has 1 unspecified atom stereocenters. The zero-order chi connectivity index (χ0) is 20.2. The van der Waals surface area contributed by atoms with Crippen molar-refractivity contribution in [3.05, 3.63) is 71.8 Å². The van der Waals surface area contributed by atoms with Gasteiger partial charge in [0.05, 0.1) is 11.8 Å². The van der Waals surface area contributed by atoms with E-state index >= 15 is 0 Å². The number of thioether (sulfide) groups is 1. The van der Waals surface area contributed by atoms with Crippen LogP contribution < -0.4 is 4.74 Å². The van der Waals surface area contributed by atoms with Crippen molar-refractivity contribution < 1.29 is 9.84 Å². The molecule has 0 aliphatic rings. The van der Waals surface area contributed by atoms with Crippen LogP contribution in [0.25, 0.3) is 16.5 Å². The van der Waals surface area contributed by atoms with E-state index in [0.717, 1.165) is 27.8 Å². The second-order valence-corrected chi connectivity index (χ2v) is 7.94.